The molecule has 3 aromatic carbocycles. The van der Waals surface area contributed by atoms with Crippen LogP contribution in [0, 0.1) is 23.7 Å². The normalized spacial score (nSPS) is 24.9. The van der Waals surface area contributed by atoms with Crippen molar-refractivity contribution in [1.29, 1.82) is 0 Å². The highest BCUT2D eigenvalue weighted by atomic mass is 16.6. The van der Waals surface area contributed by atoms with Crippen LogP contribution in [0.1, 0.15) is 94.6 Å². The van der Waals surface area contributed by atoms with Crippen molar-refractivity contribution in [1.82, 2.24) is 0 Å². The molecule has 2 bridgehead atoms. The lowest BCUT2D eigenvalue weighted by atomic mass is 9.88. The molecule has 3 saturated carbocycles. The average Bonchev–Trinajstić information content (AvgIpc) is 3.80. The summed E-state index contributed by atoms with van der Waals surface area (Å²) in [6.07, 6.45) is 7.85. The first kappa shape index (κ1) is 33.5. The second-order valence-electron chi connectivity index (χ2n) is 13.8. The molecule has 1 aliphatic heterocycles. The topological polar surface area (TPSA) is 99.1 Å². The van der Waals surface area contributed by atoms with Crippen molar-refractivity contribution in [3.05, 3.63) is 77.4 Å². The molecule has 4 aliphatic rings. The maximum atomic E-state index is 12.0. The minimum Gasteiger partial charge on any atom is -0.508 e. The van der Waals surface area contributed by atoms with Crippen LogP contribution in [-0.4, -0.2) is 40.8 Å². The first-order valence-electron chi connectivity index (χ1n) is 16.9. The van der Waals surface area contributed by atoms with Crippen LogP contribution >= 0.6 is 0 Å². The molecule has 7 heteroatoms. The lowest BCUT2D eigenvalue weighted by molar-refractivity contribution is -0.164. The summed E-state index contributed by atoms with van der Waals surface area (Å²) in [5.41, 5.74) is 3.00. The Morgan fingerprint density at radius 1 is 0.913 bits per heavy atom. The predicted octanol–water partition coefficient (Wildman–Crippen LogP) is 7.98. The van der Waals surface area contributed by atoms with E-state index < -0.39 is 0 Å². The second-order valence-corrected chi connectivity index (χ2v) is 13.8. The van der Waals surface area contributed by atoms with E-state index in [1.54, 1.807) is 12.1 Å². The van der Waals surface area contributed by atoms with Gasteiger partial charge >= 0.3 is 17.9 Å². The lowest BCUT2D eigenvalue weighted by Gasteiger charge is -2.25. The maximum absolute atomic E-state index is 12.0. The van der Waals surface area contributed by atoms with Gasteiger partial charge < -0.3 is 19.3 Å². The van der Waals surface area contributed by atoms with Crippen molar-refractivity contribution in [2.75, 3.05) is 0 Å². The summed E-state index contributed by atoms with van der Waals surface area (Å²) in [6, 6.07) is 19.5. The molecule has 0 radical (unpaired) electrons. The summed E-state index contributed by atoms with van der Waals surface area (Å²) in [5.74, 6) is 0.499. The summed E-state index contributed by atoms with van der Waals surface area (Å²) in [7, 11) is 0. The smallest absolute Gasteiger partial charge is 0.338 e. The molecular formula is C39H48O7. The number of hydrogen-bond acceptors (Lipinski definition) is 7. The molecule has 0 spiro atoms. The maximum Gasteiger partial charge on any atom is 0.338 e. The zero-order valence-electron chi connectivity index (χ0n) is 27.8. The molecular weight excluding hydrogens is 580 g/mol. The minimum atomic E-state index is -0.236. The minimum absolute atomic E-state index is 0.0828. The van der Waals surface area contributed by atoms with Crippen LogP contribution in [0.4, 0.5) is 0 Å². The van der Waals surface area contributed by atoms with Crippen molar-refractivity contribution < 1.29 is 33.7 Å². The fourth-order valence-corrected chi connectivity index (χ4v) is 7.22. The number of phenols is 1. The van der Waals surface area contributed by atoms with Crippen molar-refractivity contribution in [3.8, 4) is 5.75 Å². The highest BCUT2D eigenvalue weighted by molar-refractivity contribution is 5.89. The van der Waals surface area contributed by atoms with Gasteiger partial charge in [0.1, 0.15) is 23.6 Å². The number of carbonyl (C=O) groups is 3. The van der Waals surface area contributed by atoms with Gasteiger partial charge in [-0.05, 0) is 104 Å². The number of ether oxygens (including phenoxy) is 3. The van der Waals surface area contributed by atoms with E-state index in [1.165, 1.54) is 29.4 Å². The molecule has 7 nitrogen and oxygen atoms in total. The van der Waals surface area contributed by atoms with Gasteiger partial charge in [-0.25, -0.2) is 4.79 Å². The first-order valence-corrected chi connectivity index (χ1v) is 16.9. The molecule has 46 heavy (non-hydrogen) atoms. The molecule has 246 valence electrons. The van der Waals surface area contributed by atoms with Gasteiger partial charge in [0.05, 0.1) is 17.4 Å². The van der Waals surface area contributed by atoms with Gasteiger partial charge in [-0.2, -0.15) is 0 Å². The Hall–Kier alpha value is -3.87. The SMILES string of the molecule is CC(C)C(=O)OC1C2CC3C(=O)OC1C3C2.CCc1ccc(C(=O)OC2(C)CCCC2)cc1.CCc1ccc2cc(O)ccc2c1. The fraction of sp³-hybridized carbons (Fsp3) is 0.513. The molecule has 1 N–H and O–H groups in total. The quantitative estimate of drug-likeness (QED) is 0.218. The van der Waals surface area contributed by atoms with Crippen LogP contribution in [0.2, 0.25) is 0 Å². The number of aryl methyl sites for hydroxylation is 2. The Morgan fingerprint density at radius 2 is 1.54 bits per heavy atom. The zero-order valence-corrected chi connectivity index (χ0v) is 27.8. The Bertz CT molecular complexity index is 1540. The third-order valence-corrected chi connectivity index (χ3v) is 10.0. The van der Waals surface area contributed by atoms with Crippen molar-refractivity contribution in [3.63, 3.8) is 0 Å². The van der Waals surface area contributed by atoms with Crippen molar-refractivity contribution in [2.24, 2.45) is 23.7 Å². The first-order chi connectivity index (χ1) is 22.0. The van der Waals surface area contributed by atoms with Gasteiger partial charge in [0, 0.05) is 11.8 Å². The van der Waals surface area contributed by atoms with Gasteiger partial charge in [0.25, 0.3) is 0 Å². The highest BCUT2D eigenvalue weighted by Crippen LogP contribution is 2.55. The molecule has 3 aliphatic carbocycles. The molecule has 7 rings (SSSR count). The Kier molecular flexibility index (Phi) is 10.4. The number of aromatic hydroxyl groups is 1. The van der Waals surface area contributed by atoms with E-state index >= 15 is 0 Å². The standard InChI is InChI=1S/C15H20O2.C12H16O4.C12H12O/c1-3-12-6-8-13(9-7-12)14(16)17-15(2)10-4-5-11-15;1-5(2)11(13)15-9-6-3-7-8(4-6)12(14)16-10(7)9;1-2-9-3-4-11-8-12(13)6-5-10(11)7-9/h6-9H,3-5,10-11H2,1-2H3;5-10H,3-4H2,1-2H3;3-8,13H,2H2,1H3. The summed E-state index contributed by atoms with van der Waals surface area (Å²) in [4.78, 5) is 35.0. The molecule has 0 amide bonds. The summed E-state index contributed by atoms with van der Waals surface area (Å²) >= 11 is 0. The molecule has 1 heterocycles. The van der Waals surface area contributed by atoms with E-state index in [4.69, 9.17) is 14.2 Å². The number of hydrogen-bond donors (Lipinski definition) is 1. The van der Waals surface area contributed by atoms with E-state index in [0.29, 0.717) is 23.1 Å². The molecule has 5 unspecified atom stereocenters. The van der Waals surface area contributed by atoms with E-state index in [9.17, 15) is 19.5 Å². The monoisotopic (exact) mass is 628 g/mol. The number of esters is 3. The third kappa shape index (κ3) is 7.56. The van der Waals surface area contributed by atoms with Crippen LogP contribution in [0.15, 0.2) is 60.7 Å². The van der Waals surface area contributed by atoms with Crippen molar-refractivity contribution >= 4 is 28.7 Å². The van der Waals surface area contributed by atoms with E-state index in [2.05, 4.69) is 26.0 Å². The Morgan fingerprint density at radius 3 is 2.20 bits per heavy atom. The fourth-order valence-electron chi connectivity index (χ4n) is 7.22. The van der Waals surface area contributed by atoms with E-state index in [-0.39, 0.29) is 47.6 Å². The zero-order chi connectivity index (χ0) is 33.0. The number of phenolic OH excluding ortho intramolecular Hbond substituents is 1. The third-order valence-electron chi connectivity index (χ3n) is 10.0. The molecule has 4 fully saturated rings. The molecule has 0 aromatic heterocycles. The van der Waals surface area contributed by atoms with Crippen molar-refractivity contribution in [2.45, 2.75) is 104 Å². The van der Waals surface area contributed by atoms with Gasteiger partial charge in [0.15, 0.2) is 0 Å². The van der Waals surface area contributed by atoms with Crippen LogP contribution in [0.5, 0.6) is 5.75 Å². The van der Waals surface area contributed by atoms with Gasteiger partial charge in [-0.1, -0.05) is 64.1 Å². The lowest BCUT2D eigenvalue weighted by Crippen LogP contribution is -2.36. The summed E-state index contributed by atoms with van der Waals surface area (Å²) in [5, 5.41) is 11.5. The number of fused-ring (bicyclic) bond motifs is 2. The molecule has 5 atom stereocenters. The van der Waals surface area contributed by atoms with Crippen LogP contribution in [-0.2, 0) is 36.6 Å². The van der Waals surface area contributed by atoms with Gasteiger partial charge in [-0.3, -0.25) is 9.59 Å². The van der Waals surface area contributed by atoms with E-state index in [1.807, 2.05) is 57.2 Å². The van der Waals surface area contributed by atoms with Crippen LogP contribution in [0.25, 0.3) is 10.8 Å². The number of rotatable bonds is 6. The summed E-state index contributed by atoms with van der Waals surface area (Å²) < 4.78 is 16.4. The Balaban J connectivity index is 0.000000137. The average molecular weight is 629 g/mol. The largest absolute Gasteiger partial charge is 0.508 e. The number of carbonyl (C=O) groups excluding carboxylic acids is 3. The van der Waals surface area contributed by atoms with E-state index in [0.717, 1.165) is 43.9 Å². The number of benzene rings is 3. The second kappa shape index (κ2) is 14.3. The predicted molar refractivity (Wildman–Crippen MR) is 177 cm³/mol. The molecule has 3 aromatic rings. The highest BCUT2D eigenvalue weighted by Gasteiger charge is 2.63. The summed E-state index contributed by atoms with van der Waals surface area (Å²) in [6.45, 7) is 9.92. The molecule has 1 saturated heterocycles. The van der Waals surface area contributed by atoms with Gasteiger partial charge in [-0.15, -0.1) is 0 Å². The van der Waals surface area contributed by atoms with Gasteiger partial charge in [0.2, 0.25) is 0 Å². The van der Waals surface area contributed by atoms with Crippen LogP contribution in [0.3, 0.4) is 0 Å². The Labute approximate surface area is 272 Å². The van der Waals surface area contributed by atoms with Crippen LogP contribution < -0.4 is 0 Å².